The lowest BCUT2D eigenvalue weighted by Gasteiger charge is -2.23. The normalized spacial score (nSPS) is 11.4. The van der Waals surface area contributed by atoms with Gasteiger partial charge in [0, 0.05) is 15.5 Å². The van der Waals surface area contributed by atoms with Crippen LogP contribution in [0.5, 0.6) is 0 Å². The van der Waals surface area contributed by atoms with Gasteiger partial charge in [-0.1, -0.05) is 22.0 Å². The van der Waals surface area contributed by atoms with Crippen LogP contribution in [0, 0.1) is 5.82 Å². The highest BCUT2D eigenvalue weighted by molar-refractivity contribution is 9.11. The molecule has 0 fully saturated rings. The highest BCUT2D eigenvalue weighted by atomic mass is 79.9. The molecule has 3 nitrogen and oxygen atoms in total. The van der Waals surface area contributed by atoms with Crippen LogP contribution in [-0.2, 0) is 10.0 Å². The number of rotatable bonds is 4. The lowest BCUT2D eigenvalue weighted by atomic mass is 10.3. The van der Waals surface area contributed by atoms with Gasteiger partial charge < -0.3 is 0 Å². The van der Waals surface area contributed by atoms with Crippen molar-refractivity contribution in [2.45, 2.75) is 11.8 Å². The molecule has 0 heterocycles. The van der Waals surface area contributed by atoms with Gasteiger partial charge in [0.25, 0.3) is 10.0 Å². The van der Waals surface area contributed by atoms with E-state index in [1.165, 1.54) is 28.6 Å². The van der Waals surface area contributed by atoms with Crippen LogP contribution in [-0.4, -0.2) is 15.0 Å². The fraction of sp³-hybridized carbons (Fsp3) is 0.143. The summed E-state index contributed by atoms with van der Waals surface area (Å²) in [6.07, 6.45) is 0. The molecule has 21 heavy (non-hydrogen) atoms. The predicted octanol–water partition coefficient (Wildman–Crippen LogP) is 4.57. The molecule has 0 saturated carbocycles. The quantitative estimate of drug-likeness (QED) is 0.704. The van der Waals surface area contributed by atoms with Gasteiger partial charge in [0.2, 0.25) is 0 Å². The second-order valence-corrected chi connectivity index (χ2v) is 7.83. The summed E-state index contributed by atoms with van der Waals surface area (Å²) in [5.41, 5.74) is 0.298. The first-order valence-corrected chi connectivity index (χ1v) is 9.12. The SMILES string of the molecule is CCN(c1cccc(F)c1)S(=O)(=O)c1ccc(Br)cc1Br. The van der Waals surface area contributed by atoms with Crippen molar-refractivity contribution < 1.29 is 12.8 Å². The second kappa shape index (κ2) is 6.46. The van der Waals surface area contributed by atoms with Gasteiger partial charge >= 0.3 is 0 Å². The highest BCUT2D eigenvalue weighted by Gasteiger charge is 2.26. The molecule has 7 heteroatoms. The summed E-state index contributed by atoms with van der Waals surface area (Å²) in [6, 6.07) is 10.3. The largest absolute Gasteiger partial charge is 0.266 e. The molecule has 112 valence electrons. The average Bonchev–Trinajstić information content (AvgIpc) is 2.38. The van der Waals surface area contributed by atoms with Crippen molar-refractivity contribution in [3.8, 4) is 0 Å². The van der Waals surface area contributed by atoms with Crippen LogP contribution in [0.2, 0.25) is 0 Å². The van der Waals surface area contributed by atoms with Crippen molar-refractivity contribution in [2.24, 2.45) is 0 Å². The van der Waals surface area contributed by atoms with Crippen LogP contribution in [0.3, 0.4) is 0 Å². The van der Waals surface area contributed by atoms with Crippen molar-refractivity contribution in [1.82, 2.24) is 0 Å². The molecule has 0 unspecified atom stereocenters. The Morgan fingerprint density at radius 2 is 1.86 bits per heavy atom. The van der Waals surface area contributed by atoms with Crippen LogP contribution in [0.4, 0.5) is 10.1 Å². The maximum Gasteiger partial charge on any atom is 0.265 e. The monoisotopic (exact) mass is 435 g/mol. The Bertz CT molecular complexity index is 765. The van der Waals surface area contributed by atoms with E-state index in [0.29, 0.717) is 10.2 Å². The molecular formula is C14H12Br2FNO2S. The topological polar surface area (TPSA) is 37.4 Å². The third-order valence-electron chi connectivity index (χ3n) is 2.85. The Labute approximate surface area is 140 Å². The number of hydrogen-bond acceptors (Lipinski definition) is 2. The fourth-order valence-corrected chi connectivity index (χ4v) is 5.10. The van der Waals surface area contributed by atoms with Crippen molar-refractivity contribution in [1.29, 1.82) is 0 Å². The Hall–Kier alpha value is -0.920. The van der Waals surface area contributed by atoms with E-state index < -0.39 is 15.8 Å². The summed E-state index contributed by atoms with van der Waals surface area (Å²) in [7, 11) is -3.77. The first-order chi connectivity index (χ1) is 9.86. The number of anilines is 1. The van der Waals surface area contributed by atoms with Gasteiger partial charge in [0.1, 0.15) is 10.7 Å². The lowest BCUT2D eigenvalue weighted by Crippen LogP contribution is -2.31. The van der Waals surface area contributed by atoms with Gasteiger partial charge in [-0.15, -0.1) is 0 Å². The third kappa shape index (κ3) is 3.46. The van der Waals surface area contributed by atoms with Crippen LogP contribution < -0.4 is 4.31 Å². The summed E-state index contributed by atoms with van der Waals surface area (Å²) in [5, 5.41) is 0. The number of sulfonamides is 1. The van der Waals surface area contributed by atoms with Crippen LogP contribution >= 0.6 is 31.9 Å². The van der Waals surface area contributed by atoms with E-state index in [0.717, 1.165) is 4.47 Å². The molecule has 0 aliphatic rings. The molecule has 0 amide bonds. The Morgan fingerprint density at radius 3 is 2.43 bits per heavy atom. The third-order valence-corrected chi connectivity index (χ3v) is 6.22. The van der Waals surface area contributed by atoms with Gasteiger partial charge in [0.15, 0.2) is 0 Å². The number of hydrogen-bond donors (Lipinski definition) is 0. The molecule has 2 rings (SSSR count). The van der Waals surface area contributed by atoms with Crippen molar-refractivity contribution in [3.05, 3.63) is 57.2 Å². The molecular weight excluding hydrogens is 425 g/mol. The maximum atomic E-state index is 13.3. The zero-order chi connectivity index (χ0) is 15.6. The standard InChI is InChI=1S/C14H12Br2FNO2S/c1-2-18(12-5-3-4-11(17)9-12)21(19,20)14-7-6-10(15)8-13(14)16/h3-9H,2H2,1H3. The Morgan fingerprint density at radius 1 is 1.14 bits per heavy atom. The molecule has 0 saturated heterocycles. The van der Waals surface area contributed by atoms with Gasteiger partial charge in [-0.05, 0) is 59.3 Å². The number of halogens is 3. The molecule has 2 aromatic rings. The van der Waals surface area contributed by atoms with E-state index in [1.807, 2.05) is 0 Å². The summed E-state index contributed by atoms with van der Waals surface area (Å²) in [6.45, 7) is 1.91. The van der Waals surface area contributed by atoms with Crippen LogP contribution in [0.15, 0.2) is 56.3 Å². The average molecular weight is 437 g/mol. The minimum Gasteiger partial charge on any atom is -0.266 e. The smallest absolute Gasteiger partial charge is 0.265 e. The Balaban J connectivity index is 2.54. The summed E-state index contributed by atoms with van der Waals surface area (Å²) in [4.78, 5) is 0.136. The van der Waals surface area contributed by atoms with Gasteiger partial charge in [-0.2, -0.15) is 0 Å². The maximum absolute atomic E-state index is 13.3. The van der Waals surface area contributed by atoms with Crippen molar-refractivity contribution in [3.63, 3.8) is 0 Å². The van der Waals surface area contributed by atoms with Crippen LogP contribution in [0.1, 0.15) is 6.92 Å². The zero-order valence-electron chi connectivity index (χ0n) is 11.1. The number of nitrogens with zero attached hydrogens (tertiary/aromatic N) is 1. The van der Waals surface area contributed by atoms with Gasteiger partial charge in [0.05, 0.1) is 5.69 Å². The summed E-state index contributed by atoms with van der Waals surface area (Å²) in [5.74, 6) is -0.476. The highest BCUT2D eigenvalue weighted by Crippen LogP contribution is 2.30. The van der Waals surface area contributed by atoms with E-state index in [4.69, 9.17) is 0 Å². The lowest BCUT2D eigenvalue weighted by molar-refractivity contribution is 0.591. The van der Waals surface area contributed by atoms with Crippen molar-refractivity contribution in [2.75, 3.05) is 10.8 Å². The minimum atomic E-state index is -3.77. The Kier molecular flexibility index (Phi) is 5.06. The molecule has 0 spiro atoms. The second-order valence-electron chi connectivity index (χ2n) is 4.22. The molecule has 0 aromatic heterocycles. The minimum absolute atomic E-state index is 0.136. The molecule has 0 aliphatic carbocycles. The first kappa shape index (κ1) is 16.5. The summed E-state index contributed by atoms with van der Waals surface area (Å²) < 4.78 is 41.3. The zero-order valence-corrected chi connectivity index (χ0v) is 15.0. The van der Waals surface area contributed by atoms with Gasteiger partial charge in [-0.3, -0.25) is 4.31 Å². The number of benzene rings is 2. The van der Waals surface area contributed by atoms with Crippen molar-refractivity contribution >= 4 is 47.6 Å². The molecule has 0 N–H and O–H groups in total. The molecule has 0 atom stereocenters. The van der Waals surface area contributed by atoms with E-state index in [9.17, 15) is 12.8 Å². The van der Waals surface area contributed by atoms with E-state index in [2.05, 4.69) is 31.9 Å². The fourth-order valence-electron chi connectivity index (χ4n) is 1.93. The summed E-state index contributed by atoms with van der Waals surface area (Å²) >= 11 is 6.54. The molecule has 2 aromatic carbocycles. The van der Waals surface area contributed by atoms with E-state index in [1.54, 1.807) is 25.1 Å². The first-order valence-electron chi connectivity index (χ1n) is 6.09. The predicted molar refractivity (Wildman–Crippen MR) is 88.4 cm³/mol. The van der Waals surface area contributed by atoms with E-state index >= 15 is 0 Å². The molecule has 0 bridgehead atoms. The molecule has 0 aliphatic heterocycles. The van der Waals surface area contributed by atoms with E-state index in [-0.39, 0.29) is 11.4 Å². The van der Waals surface area contributed by atoms with Crippen LogP contribution in [0.25, 0.3) is 0 Å². The molecule has 0 radical (unpaired) electrons. The van der Waals surface area contributed by atoms with Gasteiger partial charge in [-0.25, -0.2) is 12.8 Å².